The van der Waals surface area contributed by atoms with Crippen LogP contribution in [-0.4, -0.2) is 31.0 Å². The van der Waals surface area contributed by atoms with Gasteiger partial charge in [0, 0.05) is 6.92 Å². The zero-order chi connectivity index (χ0) is 15.0. The van der Waals surface area contributed by atoms with Gasteiger partial charge in [0.25, 0.3) is 5.91 Å². The number of hydrazine groups is 1. The molecule has 20 heavy (non-hydrogen) atoms. The first-order valence-corrected chi connectivity index (χ1v) is 5.57. The van der Waals surface area contributed by atoms with Crippen LogP contribution < -0.4 is 15.6 Å². The van der Waals surface area contributed by atoms with Gasteiger partial charge in [-0.15, -0.1) is 0 Å². The van der Waals surface area contributed by atoms with Gasteiger partial charge in [-0.2, -0.15) is 0 Å². The summed E-state index contributed by atoms with van der Waals surface area (Å²) in [6.07, 6.45) is 0. The molecule has 1 rings (SSSR count). The van der Waals surface area contributed by atoms with Gasteiger partial charge in [-0.1, -0.05) is 12.1 Å². The molecule has 7 nitrogen and oxygen atoms in total. The van der Waals surface area contributed by atoms with E-state index in [-0.39, 0.29) is 5.75 Å². The summed E-state index contributed by atoms with van der Waals surface area (Å²) >= 11 is 0. The molecule has 8 heteroatoms. The normalized spacial score (nSPS) is 9.50. The van der Waals surface area contributed by atoms with Gasteiger partial charge >= 0.3 is 5.97 Å². The monoisotopic (exact) mass is 284 g/mol. The molecular formula is C12H13FN2O5. The van der Waals surface area contributed by atoms with Crippen molar-refractivity contribution >= 4 is 17.8 Å². The Kier molecular flexibility index (Phi) is 5.95. The molecule has 0 aromatic heterocycles. The molecule has 0 saturated heterocycles. The molecule has 0 spiro atoms. The van der Waals surface area contributed by atoms with Crippen LogP contribution in [-0.2, 0) is 19.1 Å². The molecule has 0 aliphatic heterocycles. The van der Waals surface area contributed by atoms with Crippen molar-refractivity contribution in [2.45, 2.75) is 6.92 Å². The van der Waals surface area contributed by atoms with Gasteiger partial charge in [-0.05, 0) is 12.1 Å². The number of halogens is 1. The molecular weight excluding hydrogens is 271 g/mol. The number of para-hydroxylation sites is 1. The largest absolute Gasteiger partial charge is 0.479 e. The number of rotatable bonds is 5. The average molecular weight is 284 g/mol. The van der Waals surface area contributed by atoms with Crippen molar-refractivity contribution in [3.05, 3.63) is 30.1 Å². The molecule has 2 amide bonds. The summed E-state index contributed by atoms with van der Waals surface area (Å²) in [5.74, 6) is -2.71. The van der Waals surface area contributed by atoms with Crippen LogP contribution in [0.5, 0.6) is 5.75 Å². The number of hydrogen-bond acceptors (Lipinski definition) is 5. The summed E-state index contributed by atoms with van der Waals surface area (Å²) in [6, 6.07) is 5.56. The van der Waals surface area contributed by atoms with Crippen LogP contribution in [0.3, 0.4) is 0 Å². The molecule has 0 atom stereocenters. The average Bonchev–Trinajstić information content (AvgIpc) is 2.42. The fourth-order valence-corrected chi connectivity index (χ4v) is 1.08. The summed E-state index contributed by atoms with van der Waals surface area (Å²) in [5.41, 5.74) is 4.03. The molecule has 0 saturated carbocycles. The Morgan fingerprint density at radius 1 is 1.15 bits per heavy atom. The minimum absolute atomic E-state index is 0.0906. The lowest BCUT2D eigenvalue weighted by Crippen LogP contribution is -2.42. The number of nitrogens with one attached hydrogen (secondary N) is 2. The summed E-state index contributed by atoms with van der Waals surface area (Å²) in [4.78, 5) is 32.8. The number of benzene rings is 1. The second kappa shape index (κ2) is 7.72. The SMILES string of the molecule is CC(=O)NNC(=O)COC(=O)COc1ccccc1F. The van der Waals surface area contributed by atoms with Gasteiger partial charge in [0.2, 0.25) is 5.91 Å². The summed E-state index contributed by atoms with van der Waals surface area (Å²) < 4.78 is 22.6. The molecule has 0 bridgehead atoms. The molecule has 0 aliphatic rings. The smallest absolute Gasteiger partial charge is 0.344 e. The van der Waals surface area contributed by atoms with Crippen LogP contribution in [0, 0.1) is 5.82 Å². The molecule has 2 N–H and O–H groups in total. The van der Waals surface area contributed by atoms with Gasteiger partial charge in [-0.3, -0.25) is 20.4 Å². The molecule has 108 valence electrons. The van der Waals surface area contributed by atoms with E-state index in [9.17, 15) is 18.8 Å². The van der Waals surface area contributed by atoms with Crippen LogP contribution in [0.15, 0.2) is 24.3 Å². The fourth-order valence-electron chi connectivity index (χ4n) is 1.08. The molecule has 1 aromatic carbocycles. The Morgan fingerprint density at radius 2 is 1.85 bits per heavy atom. The van der Waals surface area contributed by atoms with E-state index in [1.807, 2.05) is 10.9 Å². The predicted octanol–water partition coefficient (Wildman–Crippen LogP) is -0.0850. The van der Waals surface area contributed by atoms with Crippen LogP contribution in [0.2, 0.25) is 0 Å². The second-order valence-corrected chi connectivity index (χ2v) is 3.61. The minimum atomic E-state index is -0.841. The lowest BCUT2D eigenvalue weighted by molar-refractivity contribution is -0.150. The number of amides is 2. The Hall–Kier alpha value is -2.64. The first-order chi connectivity index (χ1) is 9.49. The Balaban J connectivity index is 2.25. The predicted molar refractivity (Wildman–Crippen MR) is 64.8 cm³/mol. The van der Waals surface area contributed by atoms with Gasteiger partial charge in [-0.25, -0.2) is 9.18 Å². The van der Waals surface area contributed by atoms with Crippen molar-refractivity contribution in [3.63, 3.8) is 0 Å². The van der Waals surface area contributed by atoms with Crippen LogP contribution in [0.1, 0.15) is 6.92 Å². The standard InChI is InChI=1S/C12H13FN2O5/c1-8(16)14-15-11(17)6-20-12(18)7-19-10-5-3-2-4-9(10)13/h2-5H,6-7H2,1H3,(H,14,16)(H,15,17). The van der Waals surface area contributed by atoms with Crippen molar-refractivity contribution in [1.29, 1.82) is 0 Å². The van der Waals surface area contributed by atoms with Crippen molar-refractivity contribution in [1.82, 2.24) is 10.9 Å². The summed E-state index contributed by atoms with van der Waals surface area (Å²) in [5, 5.41) is 0. The van der Waals surface area contributed by atoms with Crippen LogP contribution >= 0.6 is 0 Å². The summed E-state index contributed by atoms with van der Waals surface area (Å²) in [6.45, 7) is 0.0859. The fraction of sp³-hybridized carbons (Fsp3) is 0.250. The highest BCUT2D eigenvalue weighted by Crippen LogP contribution is 2.14. The van der Waals surface area contributed by atoms with E-state index in [0.29, 0.717) is 0 Å². The first-order valence-electron chi connectivity index (χ1n) is 5.57. The molecule has 0 radical (unpaired) electrons. The highest BCUT2D eigenvalue weighted by atomic mass is 19.1. The van der Waals surface area contributed by atoms with Crippen molar-refractivity contribution in [2.24, 2.45) is 0 Å². The van der Waals surface area contributed by atoms with E-state index in [1.54, 1.807) is 6.07 Å². The molecule has 0 fully saturated rings. The van der Waals surface area contributed by atoms with E-state index in [4.69, 9.17) is 4.74 Å². The zero-order valence-corrected chi connectivity index (χ0v) is 10.6. The molecule has 0 aliphatic carbocycles. The maximum absolute atomic E-state index is 13.1. The number of carbonyl (C=O) groups excluding carboxylic acids is 3. The number of hydrogen-bond donors (Lipinski definition) is 2. The van der Waals surface area contributed by atoms with Gasteiger partial charge in [0.1, 0.15) is 0 Å². The quantitative estimate of drug-likeness (QED) is 0.582. The third-order valence-electron chi connectivity index (χ3n) is 1.92. The van der Waals surface area contributed by atoms with Gasteiger partial charge in [0.15, 0.2) is 24.8 Å². The first kappa shape index (κ1) is 15.4. The van der Waals surface area contributed by atoms with Crippen LogP contribution in [0.4, 0.5) is 4.39 Å². The minimum Gasteiger partial charge on any atom is -0.479 e. The molecule has 0 heterocycles. The van der Waals surface area contributed by atoms with Crippen LogP contribution in [0.25, 0.3) is 0 Å². The maximum atomic E-state index is 13.1. The highest BCUT2D eigenvalue weighted by Gasteiger charge is 2.10. The number of esters is 1. The van der Waals surface area contributed by atoms with E-state index in [0.717, 1.165) is 0 Å². The molecule has 0 unspecified atom stereocenters. The third-order valence-corrected chi connectivity index (χ3v) is 1.92. The lowest BCUT2D eigenvalue weighted by Gasteiger charge is -2.08. The Morgan fingerprint density at radius 3 is 2.50 bits per heavy atom. The van der Waals surface area contributed by atoms with Gasteiger partial charge in [0.05, 0.1) is 0 Å². The van der Waals surface area contributed by atoms with E-state index in [1.165, 1.54) is 25.1 Å². The number of carbonyl (C=O) groups is 3. The van der Waals surface area contributed by atoms with Crippen molar-refractivity contribution < 1.29 is 28.2 Å². The zero-order valence-electron chi connectivity index (χ0n) is 10.6. The van der Waals surface area contributed by atoms with E-state index < -0.39 is 36.8 Å². The van der Waals surface area contributed by atoms with E-state index >= 15 is 0 Å². The topological polar surface area (TPSA) is 93.7 Å². The van der Waals surface area contributed by atoms with Crippen molar-refractivity contribution in [3.8, 4) is 5.75 Å². The Bertz CT molecular complexity index is 506. The second-order valence-electron chi connectivity index (χ2n) is 3.61. The van der Waals surface area contributed by atoms with E-state index in [2.05, 4.69) is 4.74 Å². The highest BCUT2D eigenvalue weighted by molar-refractivity contribution is 5.83. The molecule has 1 aromatic rings. The number of ether oxygens (including phenoxy) is 2. The lowest BCUT2D eigenvalue weighted by atomic mass is 10.3. The summed E-state index contributed by atoms with van der Waals surface area (Å²) in [7, 11) is 0. The maximum Gasteiger partial charge on any atom is 0.344 e. The van der Waals surface area contributed by atoms with Gasteiger partial charge < -0.3 is 9.47 Å². The van der Waals surface area contributed by atoms with Crippen molar-refractivity contribution in [2.75, 3.05) is 13.2 Å². The third kappa shape index (κ3) is 5.80. The Labute approximate surface area is 114 Å².